The van der Waals surface area contributed by atoms with Crippen LogP contribution in [0.3, 0.4) is 0 Å². The molecular formula is C15H24BrN. The molecule has 0 radical (unpaired) electrons. The molecule has 96 valence electrons. The van der Waals surface area contributed by atoms with E-state index in [1.807, 2.05) is 0 Å². The Morgan fingerprint density at radius 1 is 1.18 bits per heavy atom. The third-order valence-electron chi connectivity index (χ3n) is 3.27. The second-order valence-electron chi connectivity index (χ2n) is 4.83. The lowest BCUT2D eigenvalue weighted by Gasteiger charge is -2.21. The highest BCUT2D eigenvalue weighted by Gasteiger charge is 2.11. The highest BCUT2D eigenvalue weighted by Crippen LogP contribution is 2.16. The van der Waals surface area contributed by atoms with Crippen LogP contribution in [-0.2, 0) is 6.42 Å². The standard InChI is InChI=1S/C15H24BrN/c1-4-12(3)10-15(17-5-2)11-13-6-8-14(16)9-7-13/h6-9,12,15,17H,4-5,10-11H2,1-3H3. The summed E-state index contributed by atoms with van der Waals surface area (Å²) in [5.74, 6) is 0.800. The Morgan fingerprint density at radius 2 is 1.82 bits per heavy atom. The quantitative estimate of drug-likeness (QED) is 0.786. The zero-order chi connectivity index (χ0) is 12.7. The van der Waals surface area contributed by atoms with Crippen LogP contribution in [0.4, 0.5) is 0 Å². The summed E-state index contributed by atoms with van der Waals surface area (Å²) in [7, 11) is 0. The molecule has 0 aliphatic heterocycles. The predicted octanol–water partition coefficient (Wildman–Crippen LogP) is 4.41. The van der Waals surface area contributed by atoms with E-state index in [4.69, 9.17) is 0 Å². The van der Waals surface area contributed by atoms with Gasteiger partial charge in [-0.1, -0.05) is 55.3 Å². The fourth-order valence-electron chi connectivity index (χ4n) is 2.08. The van der Waals surface area contributed by atoms with Crippen LogP contribution in [0.25, 0.3) is 0 Å². The van der Waals surface area contributed by atoms with E-state index < -0.39 is 0 Å². The molecule has 1 nitrogen and oxygen atoms in total. The maximum atomic E-state index is 3.60. The molecular weight excluding hydrogens is 274 g/mol. The molecule has 0 saturated carbocycles. The maximum Gasteiger partial charge on any atom is 0.0175 e. The predicted molar refractivity (Wildman–Crippen MR) is 79.4 cm³/mol. The summed E-state index contributed by atoms with van der Waals surface area (Å²) in [6.45, 7) is 7.85. The first kappa shape index (κ1) is 14.7. The fraction of sp³-hybridized carbons (Fsp3) is 0.600. The molecule has 0 saturated heterocycles. The van der Waals surface area contributed by atoms with E-state index in [0.717, 1.165) is 23.4 Å². The van der Waals surface area contributed by atoms with Gasteiger partial charge in [-0.15, -0.1) is 0 Å². The van der Waals surface area contributed by atoms with Gasteiger partial charge in [-0.05, 0) is 43.0 Å². The van der Waals surface area contributed by atoms with Crippen molar-refractivity contribution in [2.24, 2.45) is 5.92 Å². The summed E-state index contributed by atoms with van der Waals surface area (Å²) in [6, 6.07) is 9.29. The van der Waals surface area contributed by atoms with Crippen molar-refractivity contribution in [1.29, 1.82) is 0 Å². The van der Waals surface area contributed by atoms with Crippen LogP contribution in [0.5, 0.6) is 0 Å². The van der Waals surface area contributed by atoms with Gasteiger partial charge in [-0.3, -0.25) is 0 Å². The van der Waals surface area contributed by atoms with E-state index >= 15 is 0 Å². The molecule has 0 amide bonds. The first-order chi connectivity index (χ1) is 8.15. The number of benzene rings is 1. The summed E-state index contributed by atoms with van der Waals surface area (Å²) in [4.78, 5) is 0. The van der Waals surface area contributed by atoms with Crippen LogP contribution in [0.2, 0.25) is 0 Å². The minimum Gasteiger partial charge on any atom is -0.314 e. The van der Waals surface area contributed by atoms with E-state index in [1.54, 1.807) is 0 Å². The summed E-state index contributed by atoms with van der Waals surface area (Å²) in [5.41, 5.74) is 1.42. The molecule has 17 heavy (non-hydrogen) atoms. The molecule has 0 fully saturated rings. The highest BCUT2D eigenvalue weighted by molar-refractivity contribution is 9.10. The smallest absolute Gasteiger partial charge is 0.0175 e. The van der Waals surface area contributed by atoms with Crippen LogP contribution in [-0.4, -0.2) is 12.6 Å². The summed E-state index contributed by atoms with van der Waals surface area (Å²) < 4.78 is 1.16. The highest BCUT2D eigenvalue weighted by atomic mass is 79.9. The summed E-state index contributed by atoms with van der Waals surface area (Å²) in [5, 5.41) is 3.60. The van der Waals surface area contributed by atoms with E-state index in [0.29, 0.717) is 6.04 Å². The molecule has 0 aliphatic rings. The molecule has 0 aliphatic carbocycles. The SMILES string of the molecule is CCNC(Cc1ccc(Br)cc1)CC(C)CC. The molecule has 2 atom stereocenters. The second kappa shape index (κ2) is 7.88. The van der Waals surface area contributed by atoms with Gasteiger partial charge in [0.25, 0.3) is 0 Å². The van der Waals surface area contributed by atoms with Crippen molar-refractivity contribution in [2.75, 3.05) is 6.54 Å². The average molecular weight is 298 g/mol. The van der Waals surface area contributed by atoms with Gasteiger partial charge in [-0.2, -0.15) is 0 Å². The lowest BCUT2D eigenvalue weighted by atomic mass is 9.94. The minimum absolute atomic E-state index is 0.608. The first-order valence-electron chi connectivity index (χ1n) is 6.63. The summed E-state index contributed by atoms with van der Waals surface area (Å²) in [6.07, 6.45) is 3.66. The number of likely N-dealkylation sites (N-methyl/N-ethyl adjacent to an activating group) is 1. The number of halogens is 1. The van der Waals surface area contributed by atoms with Gasteiger partial charge in [0, 0.05) is 10.5 Å². The van der Waals surface area contributed by atoms with Gasteiger partial charge in [0.05, 0.1) is 0 Å². The molecule has 1 N–H and O–H groups in total. The molecule has 0 bridgehead atoms. The Kier molecular flexibility index (Phi) is 6.83. The third kappa shape index (κ3) is 5.69. The molecule has 1 aromatic rings. The van der Waals surface area contributed by atoms with E-state index in [-0.39, 0.29) is 0 Å². The van der Waals surface area contributed by atoms with E-state index in [9.17, 15) is 0 Å². The van der Waals surface area contributed by atoms with Gasteiger partial charge >= 0.3 is 0 Å². The molecule has 2 unspecified atom stereocenters. The Morgan fingerprint density at radius 3 is 2.35 bits per heavy atom. The Hall–Kier alpha value is -0.340. The van der Waals surface area contributed by atoms with Crippen LogP contribution < -0.4 is 5.32 Å². The average Bonchev–Trinajstić information content (AvgIpc) is 2.32. The van der Waals surface area contributed by atoms with Gasteiger partial charge in [0.15, 0.2) is 0 Å². The Balaban J connectivity index is 2.56. The van der Waals surface area contributed by atoms with Gasteiger partial charge in [0.1, 0.15) is 0 Å². The lowest BCUT2D eigenvalue weighted by Crippen LogP contribution is -2.32. The number of nitrogens with one attached hydrogen (secondary N) is 1. The minimum atomic E-state index is 0.608. The van der Waals surface area contributed by atoms with Crippen LogP contribution in [0.15, 0.2) is 28.7 Å². The number of hydrogen-bond donors (Lipinski definition) is 1. The molecule has 1 aromatic carbocycles. The Labute approximate surface area is 114 Å². The van der Waals surface area contributed by atoms with Crippen molar-refractivity contribution >= 4 is 15.9 Å². The van der Waals surface area contributed by atoms with Crippen LogP contribution in [0.1, 0.15) is 39.2 Å². The van der Waals surface area contributed by atoms with Gasteiger partial charge in [0.2, 0.25) is 0 Å². The van der Waals surface area contributed by atoms with Crippen molar-refractivity contribution in [3.63, 3.8) is 0 Å². The van der Waals surface area contributed by atoms with Crippen molar-refractivity contribution < 1.29 is 0 Å². The van der Waals surface area contributed by atoms with Crippen molar-refractivity contribution in [3.05, 3.63) is 34.3 Å². The van der Waals surface area contributed by atoms with Crippen molar-refractivity contribution in [3.8, 4) is 0 Å². The van der Waals surface area contributed by atoms with E-state index in [1.165, 1.54) is 18.4 Å². The van der Waals surface area contributed by atoms with Crippen molar-refractivity contribution in [2.45, 2.75) is 46.1 Å². The second-order valence-corrected chi connectivity index (χ2v) is 5.75. The normalized spacial score (nSPS) is 14.6. The Bertz CT molecular complexity index is 307. The molecule has 0 aromatic heterocycles. The topological polar surface area (TPSA) is 12.0 Å². The zero-order valence-electron chi connectivity index (χ0n) is 11.2. The molecule has 1 rings (SSSR count). The molecule has 2 heteroatoms. The van der Waals surface area contributed by atoms with Gasteiger partial charge < -0.3 is 5.32 Å². The largest absolute Gasteiger partial charge is 0.314 e. The van der Waals surface area contributed by atoms with Crippen molar-refractivity contribution in [1.82, 2.24) is 5.32 Å². The first-order valence-corrected chi connectivity index (χ1v) is 7.42. The maximum absolute atomic E-state index is 3.60. The summed E-state index contributed by atoms with van der Waals surface area (Å²) >= 11 is 3.48. The van der Waals surface area contributed by atoms with Crippen LogP contribution in [0, 0.1) is 5.92 Å². The van der Waals surface area contributed by atoms with E-state index in [2.05, 4.69) is 66.3 Å². The fourth-order valence-corrected chi connectivity index (χ4v) is 2.35. The molecule has 0 heterocycles. The lowest BCUT2D eigenvalue weighted by molar-refractivity contribution is 0.397. The number of hydrogen-bond acceptors (Lipinski definition) is 1. The zero-order valence-corrected chi connectivity index (χ0v) is 12.8. The van der Waals surface area contributed by atoms with Gasteiger partial charge in [-0.25, -0.2) is 0 Å². The third-order valence-corrected chi connectivity index (χ3v) is 3.80. The monoisotopic (exact) mass is 297 g/mol. The number of rotatable bonds is 7. The van der Waals surface area contributed by atoms with Crippen LogP contribution >= 0.6 is 15.9 Å². The molecule has 0 spiro atoms.